The van der Waals surface area contributed by atoms with Gasteiger partial charge in [0.1, 0.15) is 6.54 Å². The highest BCUT2D eigenvalue weighted by Gasteiger charge is 2.30. The van der Waals surface area contributed by atoms with E-state index in [1.165, 1.54) is 10.6 Å². The monoisotopic (exact) mass is 409 g/mol. The van der Waals surface area contributed by atoms with E-state index in [-0.39, 0.29) is 16.7 Å². The SMILES string of the molecule is O=C(NCC(F)(F)F)c1cc(-c2ccc3nc(NC(=O)C4CC4)cn3n2)cs1. The Morgan fingerprint density at radius 1 is 1.29 bits per heavy atom. The maximum absolute atomic E-state index is 12.2. The molecule has 0 saturated heterocycles. The van der Waals surface area contributed by atoms with Gasteiger partial charge in [-0.25, -0.2) is 9.50 Å². The quantitative estimate of drug-likeness (QED) is 0.678. The molecule has 2 amide bonds. The highest BCUT2D eigenvalue weighted by atomic mass is 32.1. The maximum Gasteiger partial charge on any atom is 0.405 e. The third-order valence-corrected chi connectivity index (χ3v) is 5.02. The number of amides is 2. The summed E-state index contributed by atoms with van der Waals surface area (Å²) in [6, 6.07) is 4.88. The van der Waals surface area contributed by atoms with Crippen LogP contribution < -0.4 is 10.6 Å². The number of nitrogens with zero attached hydrogens (tertiary/aromatic N) is 3. The number of aromatic nitrogens is 3. The second-order valence-corrected chi connectivity index (χ2v) is 7.32. The largest absolute Gasteiger partial charge is 0.405 e. The lowest BCUT2D eigenvalue weighted by Gasteiger charge is -2.06. The standard InChI is InChI=1S/C17H14F3N5O2S/c18-17(19,20)8-21-16(27)12-5-10(7-28-12)11-3-4-14-22-13(6-25(14)24-11)23-15(26)9-1-2-9/h3-7,9H,1-2,8H2,(H,21,27)(H,23,26). The van der Waals surface area contributed by atoms with Gasteiger partial charge in [-0.1, -0.05) is 0 Å². The summed E-state index contributed by atoms with van der Waals surface area (Å²) in [7, 11) is 0. The van der Waals surface area contributed by atoms with Crippen LogP contribution in [0.3, 0.4) is 0 Å². The third-order valence-electron chi connectivity index (χ3n) is 4.09. The molecule has 1 aliphatic carbocycles. The number of hydrogen-bond acceptors (Lipinski definition) is 5. The second-order valence-electron chi connectivity index (χ2n) is 6.41. The van der Waals surface area contributed by atoms with Crippen molar-refractivity contribution in [3.05, 3.63) is 34.7 Å². The Labute approximate surface area is 160 Å². The van der Waals surface area contributed by atoms with Crippen LogP contribution in [0.4, 0.5) is 19.0 Å². The van der Waals surface area contributed by atoms with Crippen LogP contribution in [0.5, 0.6) is 0 Å². The lowest BCUT2D eigenvalue weighted by Crippen LogP contribution is -2.33. The summed E-state index contributed by atoms with van der Waals surface area (Å²) >= 11 is 1.03. The van der Waals surface area contributed by atoms with Crippen molar-refractivity contribution in [3.8, 4) is 11.3 Å². The Hall–Kier alpha value is -2.95. The molecule has 0 aromatic carbocycles. The molecule has 3 aromatic rings. The zero-order valence-corrected chi connectivity index (χ0v) is 15.1. The maximum atomic E-state index is 12.2. The molecule has 0 spiro atoms. The molecule has 3 heterocycles. The van der Waals surface area contributed by atoms with Gasteiger partial charge in [-0.05, 0) is 31.0 Å². The van der Waals surface area contributed by atoms with Crippen molar-refractivity contribution in [1.82, 2.24) is 19.9 Å². The molecule has 1 aliphatic rings. The van der Waals surface area contributed by atoms with Crippen molar-refractivity contribution < 1.29 is 22.8 Å². The van der Waals surface area contributed by atoms with Crippen LogP contribution in [0.1, 0.15) is 22.5 Å². The van der Waals surface area contributed by atoms with Gasteiger partial charge in [0, 0.05) is 16.9 Å². The van der Waals surface area contributed by atoms with Crippen molar-refractivity contribution in [1.29, 1.82) is 0 Å². The minimum absolute atomic E-state index is 0.0565. The fraction of sp³-hybridized carbons (Fsp3) is 0.294. The number of hydrogen-bond donors (Lipinski definition) is 2. The van der Waals surface area contributed by atoms with E-state index in [1.807, 2.05) is 5.32 Å². The lowest BCUT2D eigenvalue weighted by atomic mass is 10.2. The van der Waals surface area contributed by atoms with E-state index < -0.39 is 18.6 Å². The first-order valence-corrected chi connectivity index (χ1v) is 9.27. The van der Waals surface area contributed by atoms with Crippen molar-refractivity contribution in [2.24, 2.45) is 5.92 Å². The molecular formula is C17H14F3N5O2S. The first kappa shape index (κ1) is 18.4. The Bertz CT molecular complexity index is 1050. The summed E-state index contributed by atoms with van der Waals surface area (Å²) in [5.74, 6) is -0.390. The van der Waals surface area contributed by atoms with Gasteiger partial charge in [-0.2, -0.15) is 18.3 Å². The molecule has 0 unspecified atom stereocenters. The summed E-state index contributed by atoms with van der Waals surface area (Å²) in [5.41, 5.74) is 1.66. The molecule has 0 atom stereocenters. The number of rotatable bonds is 5. The molecule has 0 bridgehead atoms. The number of imidazole rings is 1. The summed E-state index contributed by atoms with van der Waals surface area (Å²) in [5, 5.41) is 10.6. The molecule has 4 rings (SSSR count). The van der Waals surface area contributed by atoms with Crippen LogP contribution in [0.15, 0.2) is 29.8 Å². The number of alkyl halides is 3. The average molecular weight is 409 g/mol. The van der Waals surface area contributed by atoms with Crippen LogP contribution in [-0.2, 0) is 4.79 Å². The molecule has 11 heteroatoms. The average Bonchev–Trinajstić information content (AvgIpc) is 3.23. The Kier molecular flexibility index (Phi) is 4.53. The fourth-order valence-electron chi connectivity index (χ4n) is 2.53. The highest BCUT2D eigenvalue weighted by Crippen LogP contribution is 2.30. The van der Waals surface area contributed by atoms with E-state index in [0.717, 1.165) is 24.2 Å². The number of carbonyl (C=O) groups excluding carboxylic acids is 2. The molecule has 3 aromatic heterocycles. The minimum Gasteiger partial charge on any atom is -0.342 e. The van der Waals surface area contributed by atoms with Crippen LogP contribution in [0.2, 0.25) is 0 Å². The van der Waals surface area contributed by atoms with E-state index in [9.17, 15) is 22.8 Å². The van der Waals surface area contributed by atoms with Crippen LogP contribution in [-0.4, -0.2) is 39.1 Å². The zero-order valence-electron chi connectivity index (χ0n) is 14.3. The van der Waals surface area contributed by atoms with E-state index in [1.54, 1.807) is 23.7 Å². The van der Waals surface area contributed by atoms with Gasteiger partial charge in [0.15, 0.2) is 11.5 Å². The van der Waals surface area contributed by atoms with Crippen LogP contribution in [0, 0.1) is 5.92 Å². The van der Waals surface area contributed by atoms with Crippen LogP contribution >= 0.6 is 11.3 Å². The smallest absolute Gasteiger partial charge is 0.342 e. The first-order valence-electron chi connectivity index (χ1n) is 8.40. The number of thiophene rings is 1. The van der Waals surface area contributed by atoms with Crippen molar-refractivity contribution in [2.75, 3.05) is 11.9 Å². The lowest BCUT2D eigenvalue weighted by molar-refractivity contribution is -0.123. The Morgan fingerprint density at radius 2 is 2.07 bits per heavy atom. The van der Waals surface area contributed by atoms with Gasteiger partial charge in [0.05, 0.1) is 16.8 Å². The number of carbonyl (C=O) groups is 2. The molecule has 146 valence electrons. The predicted molar refractivity (Wildman–Crippen MR) is 96.0 cm³/mol. The van der Waals surface area contributed by atoms with Gasteiger partial charge in [0.2, 0.25) is 5.91 Å². The molecule has 1 saturated carbocycles. The third kappa shape index (κ3) is 4.14. The van der Waals surface area contributed by atoms with Gasteiger partial charge in [0.25, 0.3) is 5.91 Å². The molecule has 0 aliphatic heterocycles. The van der Waals surface area contributed by atoms with Crippen molar-refractivity contribution >= 4 is 34.6 Å². The molecule has 7 nitrogen and oxygen atoms in total. The Balaban J connectivity index is 1.50. The molecule has 1 fully saturated rings. The second kappa shape index (κ2) is 6.89. The number of nitrogens with one attached hydrogen (secondary N) is 2. The number of anilines is 1. The van der Waals surface area contributed by atoms with Gasteiger partial charge >= 0.3 is 6.18 Å². The molecule has 2 N–H and O–H groups in total. The normalized spacial score (nSPS) is 14.2. The van der Waals surface area contributed by atoms with Gasteiger partial charge < -0.3 is 10.6 Å². The summed E-state index contributed by atoms with van der Waals surface area (Å²) in [4.78, 5) is 28.1. The summed E-state index contributed by atoms with van der Waals surface area (Å²) in [6.07, 6.45) is -1.10. The topological polar surface area (TPSA) is 88.4 Å². The zero-order chi connectivity index (χ0) is 19.9. The predicted octanol–water partition coefficient (Wildman–Crippen LogP) is 3.10. The minimum atomic E-state index is -4.46. The van der Waals surface area contributed by atoms with E-state index in [0.29, 0.717) is 22.7 Å². The van der Waals surface area contributed by atoms with E-state index >= 15 is 0 Å². The molecule has 0 radical (unpaired) electrons. The fourth-order valence-corrected chi connectivity index (χ4v) is 3.34. The molecular weight excluding hydrogens is 395 g/mol. The summed E-state index contributed by atoms with van der Waals surface area (Å²) in [6.45, 7) is -1.38. The van der Waals surface area contributed by atoms with Gasteiger partial charge in [-0.3, -0.25) is 9.59 Å². The van der Waals surface area contributed by atoms with Crippen LogP contribution in [0.25, 0.3) is 16.9 Å². The molecule has 28 heavy (non-hydrogen) atoms. The number of fused-ring (bicyclic) bond motifs is 1. The van der Waals surface area contributed by atoms with E-state index in [2.05, 4.69) is 15.4 Å². The van der Waals surface area contributed by atoms with Crippen molar-refractivity contribution in [3.63, 3.8) is 0 Å². The summed E-state index contributed by atoms with van der Waals surface area (Å²) < 4.78 is 38.2. The van der Waals surface area contributed by atoms with Crippen molar-refractivity contribution in [2.45, 2.75) is 19.0 Å². The van der Waals surface area contributed by atoms with E-state index in [4.69, 9.17) is 0 Å². The highest BCUT2D eigenvalue weighted by molar-refractivity contribution is 7.12. The van der Waals surface area contributed by atoms with Gasteiger partial charge in [-0.15, -0.1) is 11.3 Å². The number of halogens is 3. The first-order chi connectivity index (χ1) is 13.3. The Morgan fingerprint density at radius 3 is 2.79 bits per heavy atom.